The van der Waals surface area contributed by atoms with Gasteiger partial charge in [0.15, 0.2) is 5.66 Å². The number of nitro groups is 1. The molecular weight excluding hydrogens is 453 g/mol. The summed E-state index contributed by atoms with van der Waals surface area (Å²) in [4.78, 5) is 23.9. The Morgan fingerprint density at radius 3 is 2.07 bits per heavy atom. The Kier molecular flexibility index (Phi) is 9.27. The summed E-state index contributed by atoms with van der Waals surface area (Å²) in [6.07, 6.45) is 0. The van der Waals surface area contributed by atoms with Crippen molar-refractivity contribution in [3.63, 3.8) is 0 Å². The number of rotatable bonds is 10. The first-order chi connectivity index (χ1) is 12.9. The maximum Gasteiger partial charge on any atom is 0.345 e. The Balaban J connectivity index is 3.56. The summed E-state index contributed by atoms with van der Waals surface area (Å²) in [5, 5.41) is 11.4. The van der Waals surface area contributed by atoms with E-state index in [1.165, 1.54) is 0 Å². The van der Waals surface area contributed by atoms with Crippen LogP contribution in [0.1, 0.15) is 46.1 Å². The Morgan fingerprint density at radius 1 is 1.18 bits per heavy atom. The van der Waals surface area contributed by atoms with Gasteiger partial charge in [-0.15, -0.1) is 0 Å². The molecule has 0 radical (unpaired) electrons. The van der Waals surface area contributed by atoms with Crippen LogP contribution >= 0.6 is 23.5 Å². The molecule has 10 heteroatoms. The zero-order valence-corrected chi connectivity index (χ0v) is 19.2. The lowest BCUT2D eigenvalue weighted by Gasteiger charge is -2.31. The summed E-state index contributed by atoms with van der Waals surface area (Å²) in [5.74, 6) is -1.91. The van der Waals surface area contributed by atoms with Gasteiger partial charge in [0.1, 0.15) is 5.60 Å². The van der Waals surface area contributed by atoms with Gasteiger partial charge in [0.05, 0.1) is 19.1 Å². The SMILES string of the molecule is CCOP(=O)(OCC)[C@@H](C(=O)OC(C)(C)C)[C@@H](C[N+](=O)[O-])c1ccc(Br)cc1. The van der Waals surface area contributed by atoms with Gasteiger partial charge in [-0.1, -0.05) is 28.1 Å². The third-order valence-electron chi connectivity index (χ3n) is 3.63. The van der Waals surface area contributed by atoms with E-state index in [1.807, 2.05) is 0 Å². The normalized spacial score (nSPS) is 14.4. The van der Waals surface area contributed by atoms with Gasteiger partial charge in [0.25, 0.3) is 0 Å². The fourth-order valence-electron chi connectivity index (χ4n) is 2.69. The van der Waals surface area contributed by atoms with Crippen LogP contribution in [0.15, 0.2) is 28.7 Å². The molecule has 28 heavy (non-hydrogen) atoms. The van der Waals surface area contributed by atoms with E-state index in [-0.39, 0.29) is 13.2 Å². The molecule has 0 unspecified atom stereocenters. The van der Waals surface area contributed by atoms with Gasteiger partial charge >= 0.3 is 13.6 Å². The smallest absolute Gasteiger partial charge is 0.345 e. The van der Waals surface area contributed by atoms with Crippen LogP contribution in [0.3, 0.4) is 0 Å². The van der Waals surface area contributed by atoms with Gasteiger partial charge in [0.2, 0.25) is 6.54 Å². The Labute approximate surface area is 173 Å². The lowest BCUT2D eigenvalue weighted by Crippen LogP contribution is -2.39. The monoisotopic (exact) mass is 479 g/mol. The second-order valence-corrected chi connectivity index (χ2v) is 10.1. The highest BCUT2D eigenvalue weighted by Gasteiger charge is 2.50. The maximum atomic E-state index is 13.5. The molecule has 0 saturated carbocycles. The van der Waals surface area contributed by atoms with E-state index < -0.39 is 42.2 Å². The Morgan fingerprint density at radius 2 is 1.68 bits per heavy atom. The molecule has 158 valence electrons. The van der Waals surface area contributed by atoms with Gasteiger partial charge in [-0.25, -0.2) is 0 Å². The molecule has 0 heterocycles. The molecule has 0 saturated heterocycles. The standard InChI is InChI=1S/C18H27BrNO7P/c1-6-25-28(24,26-7-2)16(17(21)27-18(3,4)5)15(12-20(22)23)13-8-10-14(19)11-9-13/h8-11,15-16H,6-7,12H2,1-5H3/t15-,16+/m0/s1. The summed E-state index contributed by atoms with van der Waals surface area (Å²) in [7, 11) is -4.05. The molecule has 0 aliphatic carbocycles. The molecule has 0 aliphatic heterocycles. The van der Waals surface area contributed by atoms with Crippen LogP contribution in [-0.2, 0) is 23.1 Å². The van der Waals surface area contributed by atoms with Gasteiger partial charge in [-0.2, -0.15) is 0 Å². The maximum absolute atomic E-state index is 13.5. The van der Waals surface area contributed by atoms with Gasteiger partial charge in [-0.3, -0.25) is 19.5 Å². The number of benzene rings is 1. The molecule has 0 spiro atoms. The number of ether oxygens (including phenoxy) is 1. The lowest BCUT2D eigenvalue weighted by molar-refractivity contribution is -0.483. The van der Waals surface area contributed by atoms with Gasteiger partial charge in [0, 0.05) is 9.40 Å². The van der Waals surface area contributed by atoms with E-state index in [9.17, 15) is 19.5 Å². The number of hydrogen-bond acceptors (Lipinski definition) is 7. The number of esters is 1. The number of hydrogen-bond donors (Lipinski definition) is 0. The molecule has 8 nitrogen and oxygen atoms in total. The molecule has 2 atom stereocenters. The fourth-order valence-corrected chi connectivity index (χ4v) is 5.09. The molecule has 0 amide bonds. The van der Waals surface area contributed by atoms with Crippen LogP contribution in [0.25, 0.3) is 0 Å². The third-order valence-corrected chi connectivity index (χ3v) is 6.65. The predicted octanol–water partition coefficient (Wildman–Crippen LogP) is 4.79. The van der Waals surface area contributed by atoms with E-state index in [0.717, 1.165) is 4.47 Å². The zero-order chi connectivity index (χ0) is 21.5. The van der Waals surface area contributed by atoms with Crippen LogP contribution in [0.4, 0.5) is 0 Å². The Bertz CT molecular complexity index is 708. The second-order valence-electron chi connectivity index (χ2n) is 7.03. The number of halogens is 1. The average molecular weight is 480 g/mol. The van der Waals surface area contributed by atoms with E-state index >= 15 is 0 Å². The summed E-state index contributed by atoms with van der Waals surface area (Å²) in [6.45, 7) is 7.61. The molecule has 0 bridgehead atoms. The van der Waals surface area contributed by atoms with E-state index in [1.54, 1.807) is 58.9 Å². The van der Waals surface area contributed by atoms with E-state index in [2.05, 4.69) is 15.9 Å². The number of carbonyl (C=O) groups excluding carboxylic acids is 1. The predicted molar refractivity (Wildman–Crippen MR) is 109 cm³/mol. The highest BCUT2D eigenvalue weighted by atomic mass is 79.9. The highest BCUT2D eigenvalue weighted by molar-refractivity contribution is 9.10. The van der Waals surface area contributed by atoms with Crippen LogP contribution in [-0.4, -0.2) is 41.9 Å². The van der Waals surface area contributed by atoms with Crippen molar-refractivity contribution >= 4 is 29.5 Å². The first-order valence-corrected chi connectivity index (χ1v) is 11.3. The minimum Gasteiger partial charge on any atom is -0.459 e. The molecule has 0 aromatic heterocycles. The van der Waals surface area contributed by atoms with Crippen molar-refractivity contribution in [2.75, 3.05) is 19.8 Å². The third kappa shape index (κ3) is 7.28. The second kappa shape index (κ2) is 10.5. The Hall–Kier alpha value is -1.28. The summed E-state index contributed by atoms with van der Waals surface area (Å²) < 4.78 is 30.5. The molecule has 0 N–H and O–H groups in total. The first kappa shape index (κ1) is 24.8. The summed E-state index contributed by atoms with van der Waals surface area (Å²) in [6, 6.07) is 6.66. The van der Waals surface area contributed by atoms with Crippen LogP contribution < -0.4 is 0 Å². The van der Waals surface area contributed by atoms with Gasteiger partial charge in [-0.05, 0) is 52.3 Å². The molecule has 1 rings (SSSR count). The number of carbonyl (C=O) groups is 1. The largest absolute Gasteiger partial charge is 0.459 e. The quantitative estimate of drug-likeness (QED) is 0.205. The van der Waals surface area contributed by atoms with Crippen molar-refractivity contribution in [3.8, 4) is 0 Å². The van der Waals surface area contributed by atoms with Crippen molar-refractivity contribution in [1.29, 1.82) is 0 Å². The fraction of sp³-hybridized carbons (Fsp3) is 0.611. The molecule has 0 aliphatic rings. The van der Waals surface area contributed by atoms with Crippen molar-refractivity contribution in [3.05, 3.63) is 44.4 Å². The summed E-state index contributed by atoms with van der Waals surface area (Å²) in [5.41, 5.74) is -1.88. The lowest BCUT2D eigenvalue weighted by atomic mass is 9.95. The van der Waals surface area contributed by atoms with Crippen LogP contribution in [0, 0.1) is 10.1 Å². The number of nitrogens with zero attached hydrogens (tertiary/aromatic N) is 1. The van der Waals surface area contributed by atoms with Crippen molar-refractivity contribution < 1.29 is 28.1 Å². The molecule has 0 fully saturated rings. The van der Waals surface area contributed by atoms with E-state index in [4.69, 9.17) is 13.8 Å². The zero-order valence-electron chi connectivity index (χ0n) is 16.7. The average Bonchev–Trinajstić information content (AvgIpc) is 2.53. The highest BCUT2D eigenvalue weighted by Crippen LogP contribution is 2.58. The van der Waals surface area contributed by atoms with E-state index in [0.29, 0.717) is 5.56 Å². The topological polar surface area (TPSA) is 105 Å². The van der Waals surface area contributed by atoms with Crippen molar-refractivity contribution in [2.24, 2.45) is 0 Å². The van der Waals surface area contributed by atoms with Crippen LogP contribution in [0.2, 0.25) is 0 Å². The molecular formula is C18H27BrNO7P. The summed E-state index contributed by atoms with van der Waals surface area (Å²) >= 11 is 3.31. The molecule has 1 aromatic carbocycles. The minimum atomic E-state index is -4.05. The van der Waals surface area contributed by atoms with Gasteiger partial charge < -0.3 is 13.8 Å². The minimum absolute atomic E-state index is 0.0160. The first-order valence-electron chi connectivity index (χ1n) is 8.92. The van der Waals surface area contributed by atoms with Crippen molar-refractivity contribution in [2.45, 2.75) is 51.8 Å². The van der Waals surface area contributed by atoms with Crippen molar-refractivity contribution in [1.82, 2.24) is 0 Å². The molecule has 1 aromatic rings. The van der Waals surface area contributed by atoms with Crippen LogP contribution in [0.5, 0.6) is 0 Å².